The van der Waals surface area contributed by atoms with Gasteiger partial charge in [-0.15, -0.1) is 6.58 Å². The van der Waals surface area contributed by atoms with E-state index in [1.54, 1.807) is 0 Å². The second kappa shape index (κ2) is 11.4. The first kappa shape index (κ1) is 20.9. The summed E-state index contributed by atoms with van der Waals surface area (Å²) in [5.74, 6) is 0.704. The molecule has 0 spiro atoms. The number of hydrogen-bond donors (Lipinski definition) is 0. The Bertz CT molecular complexity index is 317. The van der Waals surface area contributed by atoms with Crippen molar-refractivity contribution in [3.05, 3.63) is 12.7 Å². The van der Waals surface area contributed by atoms with Gasteiger partial charge >= 0.3 is 0 Å². The fourth-order valence-electron chi connectivity index (χ4n) is 3.50. The SMILES string of the molecule is C=CC[Si](C)(C)CC[C@@H]1CC(OCCCC)O[C@H]1CCCCC. The van der Waals surface area contributed by atoms with E-state index in [2.05, 4.69) is 39.6 Å². The minimum Gasteiger partial charge on any atom is -0.353 e. The zero-order valence-corrected chi connectivity index (χ0v) is 17.1. The van der Waals surface area contributed by atoms with Crippen LogP contribution in [0.1, 0.15) is 65.2 Å². The van der Waals surface area contributed by atoms with E-state index in [9.17, 15) is 0 Å². The molecule has 0 radical (unpaired) electrons. The lowest BCUT2D eigenvalue weighted by molar-refractivity contribution is -0.136. The molecule has 1 heterocycles. The van der Waals surface area contributed by atoms with Gasteiger partial charge < -0.3 is 9.47 Å². The highest BCUT2D eigenvalue weighted by Gasteiger charge is 2.36. The number of hydrogen-bond acceptors (Lipinski definition) is 2. The standard InChI is InChI=1S/C20H40O2Si/c1-6-9-11-12-19-18(13-16-23(4,5)15-8-3)17-20(22-19)21-14-10-7-2/h8,18-20H,3,6-7,9-17H2,1-2,4-5H3/t18-,19+,20?/m1/s1. The summed E-state index contributed by atoms with van der Waals surface area (Å²) < 4.78 is 12.2. The van der Waals surface area contributed by atoms with Crippen molar-refractivity contribution in [2.45, 2.75) is 103 Å². The van der Waals surface area contributed by atoms with Gasteiger partial charge in [-0.3, -0.25) is 0 Å². The maximum atomic E-state index is 6.27. The molecule has 136 valence electrons. The Kier molecular flexibility index (Phi) is 10.4. The quantitative estimate of drug-likeness (QED) is 0.219. The van der Waals surface area contributed by atoms with Crippen molar-refractivity contribution in [1.29, 1.82) is 0 Å². The zero-order valence-electron chi connectivity index (χ0n) is 16.1. The van der Waals surface area contributed by atoms with Crippen LogP contribution in [0.5, 0.6) is 0 Å². The molecule has 1 aliphatic heterocycles. The van der Waals surface area contributed by atoms with Crippen LogP contribution in [-0.4, -0.2) is 27.1 Å². The van der Waals surface area contributed by atoms with E-state index in [4.69, 9.17) is 9.47 Å². The fourth-order valence-corrected chi connectivity index (χ4v) is 5.64. The van der Waals surface area contributed by atoms with Gasteiger partial charge in [-0.1, -0.05) is 71.2 Å². The molecule has 0 saturated carbocycles. The summed E-state index contributed by atoms with van der Waals surface area (Å²) in [5.41, 5.74) is 0. The molecule has 3 atom stereocenters. The first-order valence-corrected chi connectivity index (χ1v) is 13.3. The van der Waals surface area contributed by atoms with Crippen LogP contribution < -0.4 is 0 Å². The van der Waals surface area contributed by atoms with E-state index in [0.717, 1.165) is 19.4 Å². The third-order valence-electron chi connectivity index (χ3n) is 5.13. The summed E-state index contributed by atoms with van der Waals surface area (Å²) >= 11 is 0. The van der Waals surface area contributed by atoms with Crippen molar-refractivity contribution in [3.63, 3.8) is 0 Å². The smallest absolute Gasteiger partial charge is 0.158 e. The minimum atomic E-state index is -1.11. The summed E-state index contributed by atoms with van der Waals surface area (Å²) in [7, 11) is -1.11. The number of allylic oxidation sites excluding steroid dienone is 1. The summed E-state index contributed by atoms with van der Waals surface area (Å²) in [6, 6.07) is 2.62. The Morgan fingerprint density at radius 1 is 1.13 bits per heavy atom. The van der Waals surface area contributed by atoms with Crippen molar-refractivity contribution in [3.8, 4) is 0 Å². The Hall–Kier alpha value is -0.123. The first-order chi connectivity index (χ1) is 11.0. The highest BCUT2D eigenvalue weighted by molar-refractivity contribution is 6.77. The lowest BCUT2D eigenvalue weighted by atomic mass is 9.94. The lowest BCUT2D eigenvalue weighted by Crippen LogP contribution is -2.26. The van der Waals surface area contributed by atoms with Gasteiger partial charge in [-0.25, -0.2) is 0 Å². The van der Waals surface area contributed by atoms with Gasteiger partial charge in [0, 0.05) is 13.0 Å². The van der Waals surface area contributed by atoms with E-state index >= 15 is 0 Å². The Morgan fingerprint density at radius 3 is 2.52 bits per heavy atom. The van der Waals surface area contributed by atoms with Crippen LogP contribution in [-0.2, 0) is 9.47 Å². The van der Waals surface area contributed by atoms with E-state index < -0.39 is 8.07 Å². The van der Waals surface area contributed by atoms with Crippen LogP contribution in [0.15, 0.2) is 12.7 Å². The largest absolute Gasteiger partial charge is 0.353 e. The highest BCUT2D eigenvalue weighted by atomic mass is 28.3. The van der Waals surface area contributed by atoms with Gasteiger partial charge in [0.1, 0.15) is 0 Å². The topological polar surface area (TPSA) is 18.5 Å². The van der Waals surface area contributed by atoms with Crippen molar-refractivity contribution < 1.29 is 9.47 Å². The van der Waals surface area contributed by atoms with Crippen molar-refractivity contribution in [2.75, 3.05) is 6.61 Å². The zero-order chi connectivity index (χ0) is 17.1. The number of ether oxygens (including phenoxy) is 2. The molecule has 1 saturated heterocycles. The summed E-state index contributed by atoms with van der Waals surface area (Å²) in [6.07, 6.45) is 12.5. The van der Waals surface area contributed by atoms with Gasteiger partial charge in [0.15, 0.2) is 6.29 Å². The summed E-state index contributed by atoms with van der Waals surface area (Å²) in [4.78, 5) is 0. The molecule has 0 bridgehead atoms. The van der Waals surface area contributed by atoms with Crippen molar-refractivity contribution in [2.24, 2.45) is 5.92 Å². The maximum absolute atomic E-state index is 6.27. The molecule has 0 amide bonds. The van der Waals surface area contributed by atoms with Gasteiger partial charge in [-0.2, -0.15) is 0 Å². The van der Waals surface area contributed by atoms with Crippen LogP contribution in [0.4, 0.5) is 0 Å². The first-order valence-electron chi connectivity index (χ1n) is 9.90. The van der Waals surface area contributed by atoms with Crippen LogP contribution in [0.2, 0.25) is 25.2 Å². The maximum Gasteiger partial charge on any atom is 0.158 e. The predicted octanol–water partition coefficient (Wildman–Crippen LogP) is 6.40. The monoisotopic (exact) mass is 340 g/mol. The number of unbranched alkanes of at least 4 members (excludes halogenated alkanes) is 3. The molecule has 3 heteroatoms. The van der Waals surface area contributed by atoms with Crippen LogP contribution in [0, 0.1) is 5.92 Å². The number of rotatable bonds is 13. The molecule has 0 N–H and O–H groups in total. The molecule has 23 heavy (non-hydrogen) atoms. The van der Waals surface area contributed by atoms with Gasteiger partial charge in [-0.05, 0) is 24.8 Å². The van der Waals surface area contributed by atoms with Crippen molar-refractivity contribution in [1.82, 2.24) is 0 Å². The molecular formula is C20H40O2Si. The Morgan fingerprint density at radius 2 is 1.87 bits per heavy atom. The summed E-state index contributed by atoms with van der Waals surface area (Å²) in [5, 5.41) is 0. The third-order valence-corrected chi connectivity index (χ3v) is 8.17. The molecule has 1 fully saturated rings. The summed E-state index contributed by atoms with van der Waals surface area (Å²) in [6.45, 7) is 14.3. The van der Waals surface area contributed by atoms with Gasteiger partial charge in [0.05, 0.1) is 14.2 Å². The average molecular weight is 341 g/mol. The van der Waals surface area contributed by atoms with E-state index in [-0.39, 0.29) is 6.29 Å². The van der Waals surface area contributed by atoms with Crippen molar-refractivity contribution >= 4 is 8.07 Å². The molecular weight excluding hydrogens is 300 g/mol. The molecule has 0 aliphatic carbocycles. The van der Waals surface area contributed by atoms with E-state index in [1.807, 2.05) is 0 Å². The van der Waals surface area contributed by atoms with E-state index in [1.165, 1.54) is 50.6 Å². The predicted molar refractivity (Wildman–Crippen MR) is 104 cm³/mol. The third kappa shape index (κ3) is 8.51. The molecule has 1 rings (SSSR count). The molecule has 0 aromatic carbocycles. The van der Waals surface area contributed by atoms with Gasteiger partial charge in [0.25, 0.3) is 0 Å². The Labute approximate surface area is 146 Å². The fraction of sp³-hybridized carbons (Fsp3) is 0.900. The minimum absolute atomic E-state index is 0.0577. The average Bonchev–Trinajstić information content (AvgIpc) is 2.88. The second-order valence-electron chi connectivity index (χ2n) is 8.02. The lowest BCUT2D eigenvalue weighted by Gasteiger charge is -2.24. The second-order valence-corrected chi connectivity index (χ2v) is 13.3. The molecule has 1 aliphatic rings. The highest BCUT2D eigenvalue weighted by Crippen LogP contribution is 2.36. The molecule has 0 aromatic heterocycles. The van der Waals surface area contributed by atoms with E-state index in [0.29, 0.717) is 12.0 Å². The van der Waals surface area contributed by atoms with Crippen LogP contribution in [0.3, 0.4) is 0 Å². The van der Waals surface area contributed by atoms with Crippen LogP contribution >= 0.6 is 0 Å². The Balaban J connectivity index is 2.47. The van der Waals surface area contributed by atoms with Crippen LogP contribution in [0.25, 0.3) is 0 Å². The normalized spacial score (nSPS) is 25.0. The van der Waals surface area contributed by atoms with Gasteiger partial charge in [0.2, 0.25) is 0 Å². The molecule has 0 aromatic rings. The molecule has 2 nitrogen and oxygen atoms in total. The molecule has 1 unspecified atom stereocenters.